The molecule has 1 heterocycles. The molecule has 1 N–H and O–H groups in total. The van der Waals surface area contributed by atoms with E-state index in [9.17, 15) is 4.39 Å². The van der Waals surface area contributed by atoms with Crippen LogP contribution in [0, 0.1) is 5.82 Å². The second kappa shape index (κ2) is 6.00. The van der Waals surface area contributed by atoms with E-state index in [-0.39, 0.29) is 5.82 Å². The van der Waals surface area contributed by atoms with Gasteiger partial charge in [0.1, 0.15) is 5.82 Å². The second-order valence-corrected chi connectivity index (χ2v) is 5.87. The van der Waals surface area contributed by atoms with Crippen molar-refractivity contribution in [3.63, 3.8) is 0 Å². The van der Waals surface area contributed by atoms with Crippen LogP contribution >= 0.6 is 15.9 Å². The van der Waals surface area contributed by atoms with E-state index in [1.165, 1.54) is 17.0 Å². The van der Waals surface area contributed by atoms with E-state index in [0.29, 0.717) is 11.0 Å². The summed E-state index contributed by atoms with van der Waals surface area (Å²) in [5.41, 5.74) is 3.35. The lowest BCUT2D eigenvalue weighted by Gasteiger charge is -2.09. The standard InChI is InChI=1S/C17H16BrFN2/c1-20-10-12-5-6-16-13(9-12)7-8-21(16)11-14-3-2-4-15(19)17(14)18/h2-9,20H,10-11H2,1H3. The van der Waals surface area contributed by atoms with Gasteiger partial charge in [-0.1, -0.05) is 18.2 Å². The highest BCUT2D eigenvalue weighted by Gasteiger charge is 2.08. The molecule has 0 aliphatic carbocycles. The fourth-order valence-corrected chi connectivity index (χ4v) is 2.95. The molecule has 108 valence electrons. The summed E-state index contributed by atoms with van der Waals surface area (Å²) >= 11 is 3.33. The highest BCUT2D eigenvalue weighted by molar-refractivity contribution is 9.10. The Balaban J connectivity index is 1.96. The Hall–Kier alpha value is -1.65. The molecule has 2 aromatic carbocycles. The van der Waals surface area contributed by atoms with Crippen molar-refractivity contribution in [1.82, 2.24) is 9.88 Å². The third kappa shape index (κ3) is 2.87. The van der Waals surface area contributed by atoms with E-state index in [2.05, 4.69) is 50.1 Å². The summed E-state index contributed by atoms with van der Waals surface area (Å²) in [6, 6.07) is 13.7. The van der Waals surface area contributed by atoms with Gasteiger partial charge in [0.2, 0.25) is 0 Å². The van der Waals surface area contributed by atoms with Crippen LogP contribution in [0.2, 0.25) is 0 Å². The van der Waals surface area contributed by atoms with Crippen LogP contribution in [0.3, 0.4) is 0 Å². The quantitative estimate of drug-likeness (QED) is 0.744. The Morgan fingerprint density at radius 1 is 1.19 bits per heavy atom. The summed E-state index contributed by atoms with van der Waals surface area (Å²) in [6.07, 6.45) is 2.05. The fourth-order valence-electron chi connectivity index (χ4n) is 2.56. The number of hydrogen-bond acceptors (Lipinski definition) is 1. The smallest absolute Gasteiger partial charge is 0.137 e. The third-order valence-electron chi connectivity index (χ3n) is 3.59. The van der Waals surface area contributed by atoms with Crippen LogP contribution < -0.4 is 5.32 Å². The number of rotatable bonds is 4. The van der Waals surface area contributed by atoms with Crippen molar-refractivity contribution in [2.24, 2.45) is 0 Å². The van der Waals surface area contributed by atoms with E-state index >= 15 is 0 Å². The summed E-state index contributed by atoms with van der Waals surface area (Å²) in [4.78, 5) is 0. The average Bonchev–Trinajstić information content (AvgIpc) is 2.87. The first kappa shape index (κ1) is 14.3. The molecular formula is C17H16BrFN2. The highest BCUT2D eigenvalue weighted by Crippen LogP contribution is 2.24. The van der Waals surface area contributed by atoms with Gasteiger partial charge in [-0.3, -0.25) is 0 Å². The number of fused-ring (bicyclic) bond motifs is 1. The lowest BCUT2D eigenvalue weighted by molar-refractivity contribution is 0.616. The predicted octanol–water partition coefficient (Wildman–Crippen LogP) is 4.31. The molecule has 0 atom stereocenters. The number of halogens is 2. The van der Waals surface area contributed by atoms with Gasteiger partial charge in [0.25, 0.3) is 0 Å². The number of benzene rings is 2. The maximum Gasteiger partial charge on any atom is 0.137 e. The van der Waals surface area contributed by atoms with Crippen molar-refractivity contribution in [1.29, 1.82) is 0 Å². The molecule has 4 heteroatoms. The minimum atomic E-state index is -0.222. The Labute approximate surface area is 131 Å². The van der Waals surface area contributed by atoms with Gasteiger partial charge >= 0.3 is 0 Å². The molecule has 3 rings (SSSR count). The molecule has 0 saturated carbocycles. The minimum Gasteiger partial charge on any atom is -0.343 e. The summed E-state index contributed by atoms with van der Waals surface area (Å²) in [6.45, 7) is 1.50. The Morgan fingerprint density at radius 3 is 2.86 bits per heavy atom. The van der Waals surface area contributed by atoms with Crippen LogP contribution in [0.15, 0.2) is 53.1 Å². The molecule has 0 bridgehead atoms. The second-order valence-electron chi connectivity index (χ2n) is 5.08. The Morgan fingerprint density at radius 2 is 2.05 bits per heavy atom. The summed E-state index contributed by atoms with van der Waals surface area (Å²) < 4.78 is 16.3. The van der Waals surface area contributed by atoms with Gasteiger partial charge in [0, 0.05) is 24.8 Å². The van der Waals surface area contributed by atoms with Crippen LogP contribution in [0.1, 0.15) is 11.1 Å². The zero-order valence-electron chi connectivity index (χ0n) is 11.7. The minimum absolute atomic E-state index is 0.222. The van der Waals surface area contributed by atoms with Crippen molar-refractivity contribution in [3.8, 4) is 0 Å². The summed E-state index contributed by atoms with van der Waals surface area (Å²) in [5.74, 6) is -0.222. The third-order valence-corrected chi connectivity index (χ3v) is 4.48. The summed E-state index contributed by atoms with van der Waals surface area (Å²) in [5, 5.41) is 4.36. The molecule has 0 radical (unpaired) electrons. The van der Waals surface area contributed by atoms with E-state index in [1.54, 1.807) is 6.07 Å². The molecule has 2 nitrogen and oxygen atoms in total. The van der Waals surface area contributed by atoms with Gasteiger partial charge < -0.3 is 9.88 Å². The molecule has 1 aromatic heterocycles. The zero-order chi connectivity index (χ0) is 14.8. The van der Waals surface area contributed by atoms with Crippen molar-refractivity contribution in [3.05, 3.63) is 70.1 Å². The van der Waals surface area contributed by atoms with Crippen LogP contribution in [0.25, 0.3) is 10.9 Å². The molecule has 0 aliphatic rings. The molecule has 3 aromatic rings. The van der Waals surface area contributed by atoms with Gasteiger partial charge in [0.15, 0.2) is 0 Å². The molecule has 0 aliphatic heterocycles. The maximum atomic E-state index is 13.6. The molecule has 0 unspecified atom stereocenters. The lowest BCUT2D eigenvalue weighted by atomic mass is 10.1. The van der Waals surface area contributed by atoms with Gasteiger partial charge in [0.05, 0.1) is 4.47 Å². The van der Waals surface area contributed by atoms with Crippen molar-refractivity contribution < 1.29 is 4.39 Å². The SMILES string of the molecule is CNCc1ccc2c(ccn2Cc2cccc(F)c2Br)c1. The van der Waals surface area contributed by atoms with Gasteiger partial charge in [-0.2, -0.15) is 0 Å². The predicted molar refractivity (Wildman–Crippen MR) is 87.9 cm³/mol. The normalized spacial score (nSPS) is 11.2. The fraction of sp³-hybridized carbons (Fsp3) is 0.176. The van der Waals surface area contributed by atoms with Gasteiger partial charge in [-0.05, 0) is 63.8 Å². The van der Waals surface area contributed by atoms with Gasteiger partial charge in [-0.25, -0.2) is 4.39 Å². The first-order chi connectivity index (χ1) is 10.2. The highest BCUT2D eigenvalue weighted by atomic mass is 79.9. The number of nitrogens with one attached hydrogen (secondary N) is 1. The van der Waals surface area contributed by atoms with Crippen molar-refractivity contribution >= 4 is 26.8 Å². The molecule has 0 amide bonds. The summed E-state index contributed by atoms with van der Waals surface area (Å²) in [7, 11) is 1.94. The Kier molecular flexibility index (Phi) is 4.08. The van der Waals surface area contributed by atoms with Crippen LogP contribution in [-0.2, 0) is 13.1 Å². The number of aromatic nitrogens is 1. The molecule has 21 heavy (non-hydrogen) atoms. The zero-order valence-corrected chi connectivity index (χ0v) is 13.3. The van der Waals surface area contributed by atoms with E-state index in [4.69, 9.17) is 0 Å². The molecular weight excluding hydrogens is 331 g/mol. The van der Waals surface area contributed by atoms with Crippen molar-refractivity contribution in [2.75, 3.05) is 7.05 Å². The first-order valence-corrected chi connectivity index (χ1v) is 7.63. The van der Waals surface area contributed by atoms with Gasteiger partial charge in [-0.15, -0.1) is 0 Å². The average molecular weight is 347 g/mol. The van der Waals surface area contributed by atoms with Crippen LogP contribution in [0.5, 0.6) is 0 Å². The lowest BCUT2D eigenvalue weighted by Crippen LogP contribution is -2.04. The molecule has 0 spiro atoms. The van der Waals surface area contributed by atoms with Crippen LogP contribution in [0.4, 0.5) is 4.39 Å². The number of hydrogen-bond donors (Lipinski definition) is 1. The molecule has 0 fully saturated rings. The van der Waals surface area contributed by atoms with Crippen LogP contribution in [-0.4, -0.2) is 11.6 Å². The molecule has 0 saturated heterocycles. The largest absolute Gasteiger partial charge is 0.343 e. The number of nitrogens with zero attached hydrogens (tertiary/aromatic N) is 1. The topological polar surface area (TPSA) is 17.0 Å². The maximum absolute atomic E-state index is 13.6. The monoisotopic (exact) mass is 346 g/mol. The first-order valence-electron chi connectivity index (χ1n) is 6.84. The van der Waals surface area contributed by atoms with E-state index in [0.717, 1.165) is 17.6 Å². The van der Waals surface area contributed by atoms with Crippen molar-refractivity contribution in [2.45, 2.75) is 13.1 Å². The van der Waals surface area contributed by atoms with E-state index < -0.39 is 0 Å². The van der Waals surface area contributed by atoms with E-state index in [1.807, 2.05) is 19.3 Å². The Bertz CT molecular complexity index is 780.